The number of nitrogens with zero attached hydrogens (tertiary/aromatic N) is 5. The Bertz CT molecular complexity index is 1550. The summed E-state index contributed by atoms with van der Waals surface area (Å²) in [4.78, 5) is 47.3. The van der Waals surface area contributed by atoms with Gasteiger partial charge in [-0.05, 0) is 63.9 Å². The number of aromatic nitrogens is 5. The van der Waals surface area contributed by atoms with Crippen molar-refractivity contribution in [2.45, 2.75) is 39.2 Å². The molecule has 4 heterocycles. The highest BCUT2D eigenvalue weighted by Gasteiger charge is 2.30. The molecule has 5 rings (SSSR count). The number of pyridine rings is 3. The highest BCUT2D eigenvalue weighted by Crippen LogP contribution is 2.31. The lowest BCUT2D eigenvalue weighted by Gasteiger charge is -2.22. The number of hydrogen-bond acceptors (Lipinski definition) is 8. The van der Waals surface area contributed by atoms with Gasteiger partial charge in [-0.2, -0.15) is 0 Å². The van der Waals surface area contributed by atoms with Crippen LogP contribution in [-0.2, 0) is 15.1 Å². The molecule has 1 fully saturated rings. The minimum atomic E-state index is -0.626. The smallest absolute Gasteiger partial charge is 0.255 e. The Morgan fingerprint density at radius 2 is 1.74 bits per heavy atom. The molecule has 2 N–H and O–H groups in total. The third kappa shape index (κ3) is 5.96. The second-order valence-corrected chi connectivity index (χ2v) is 9.92. The Kier molecular flexibility index (Phi) is 7.12. The van der Waals surface area contributed by atoms with Crippen molar-refractivity contribution in [2.24, 2.45) is 5.92 Å². The number of hydrogen-bond donors (Lipinski definition) is 2. The fourth-order valence-corrected chi connectivity index (χ4v) is 3.94. The molecular formula is C29H29N7O3. The van der Waals surface area contributed by atoms with Crippen LogP contribution in [0.25, 0.3) is 22.6 Å². The van der Waals surface area contributed by atoms with Gasteiger partial charge in [0.05, 0.1) is 34.7 Å². The monoisotopic (exact) mass is 523 g/mol. The van der Waals surface area contributed by atoms with E-state index >= 15 is 0 Å². The number of aryl methyl sites for hydroxylation is 1. The molecule has 0 saturated heterocycles. The summed E-state index contributed by atoms with van der Waals surface area (Å²) in [6, 6.07) is 12.5. The summed E-state index contributed by atoms with van der Waals surface area (Å²) >= 11 is 0. The quantitative estimate of drug-likeness (QED) is 0.337. The Morgan fingerprint density at radius 3 is 2.51 bits per heavy atom. The molecule has 198 valence electrons. The average Bonchev–Trinajstić information content (AvgIpc) is 3.80. The molecule has 2 amide bonds. The minimum Gasteiger partial charge on any atom is -0.373 e. The number of ether oxygens (including phenoxy) is 1. The van der Waals surface area contributed by atoms with Crippen molar-refractivity contribution in [1.82, 2.24) is 24.9 Å². The van der Waals surface area contributed by atoms with Crippen LogP contribution in [0, 0.1) is 12.8 Å². The molecule has 0 radical (unpaired) electrons. The van der Waals surface area contributed by atoms with Gasteiger partial charge in [0.2, 0.25) is 5.91 Å². The zero-order valence-corrected chi connectivity index (χ0v) is 22.2. The van der Waals surface area contributed by atoms with E-state index in [1.807, 2.05) is 45.0 Å². The van der Waals surface area contributed by atoms with Crippen molar-refractivity contribution < 1.29 is 14.3 Å². The van der Waals surface area contributed by atoms with Crippen molar-refractivity contribution in [3.63, 3.8) is 0 Å². The molecule has 4 aromatic rings. The lowest BCUT2D eigenvalue weighted by atomic mass is 10.0. The topological polar surface area (TPSA) is 132 Å². The van der Waals surface area contributed by atoms with E-state index in [1.165, 1.54) is 6.33 Å². The van der Waals surface area contributed by atoms with E-state index in [-0.39, 0.29) is 17.7 Å². The third-order valence-electron chi connectivity index (χ3n) is 6.65. The molecule has 1 aliphatic rings. The molecule has 1 saturated carbocycles. The summed E-state index contributed by atoms with van der Waals surface area (Å²) in [5, 5.41) is 5.76. The van der Waals surface area contributed by atoms with Gasteiger partial charge in [-0.15, -0.1) is 0 Å². The molecule has 10 nitrogen and oxygen atoms in total. The molecule has 4 aromatic heterocycles. The predicted octanol–water partition coefficient (Wildman–Crippen LogP) is 4.79. The summed E-state index contributed by atoms with van der Waals surface area (Å²) in [6.07, 6.45) is 6.44. The van der Waals surface area contributed by atoms with Gasteiger partial charge in [-0.25, -0.2) is 15.0 Å². The van der Waals surface area contributed by atoms with E-state index in [1.54, 1.807) is 37.7 Å². The second kappa shape index (κ2) is 10.7. The van der Waals surface area contributed by atoms with Gasteiger partial charge in [-0.3, -0.25) is 19.6 Å². The number of nitrogens with one attached hydrogen (secondary N) is 2. The highest BCUT2D eigenvalue weighted by molar-refractivity contribution is 6.04. The highest BCUT2D eigenvalue weighted by atomic mass is 16.5. The van der Waals surface area contributed by atoms with Crippen LogP contribution in [0.4, 0.5) is 11.5 Å². The SMILES string of the molecule is COC(C)(C)c1cc(C(=O)Nc2cnc(C)c(-c3cccc(-c4cc(NC(=O)C5CC5)ncn4)n3)c2)ccn1. The molecule has 39 heavy (non-hydrogen) atoms. The number of amides is 2. The van der Waals surface area contributed by atoms with Crippen molar-refractivity contribution in [3.05, 3.63) is 78.1 Å². The van der Waals surface area contributed by atoms with E-state index in [0.717, 1.165) is 24.1 Å². The first-order chi connectivity index (χ1) is 18.7. The summed E-state index contributed by atoms with van der Waals surface area (Å²) in [6.45, 7) is 5.66. The van der Waals surface area contributed by atoms with E-state index in [2.05, 4.69) is 30.6 Å². The van der Waals surface area contributed by atoms with Crippen LogP contribution in [0.1, 0.15) is 48.4 Å². The zero-order valence-electron chi connectivity index (χ0n) is 22.2. The predicted molar refractivity (Wildman–Crippen MR) is 147 cm³/mol. The molecular weight excluding hydrogens is 494 g/mol. The standard InChI is InChI=1S/C29H29N7O3/c1-17-21(13-20(15-31-17)34-28(38)19-10-11-30-25(12-19)29(2,3)39-4)22-6-5-7-23(35-22)24-14-26(33-16-32-24)36-27(37)18-8-9-18/h5-7,10-16,18H,8-9H2,1-4H3,(H,34,38)(H,32,33,36,37). The number of rotatable bonds is 8. The molecule has 10 heteroatoms. The Labute approximate surface area is 226 Å². The van der Waals surface area contributed by atoms with Crippen LogP contribution in [0.15, 0.2) is 61.2 Å². The van der Waals surface area contributed by atoms with Crippen LogP contribution in [0.5, 0.6) is 0 Å². The Morgan fingerprint density at radius 1 is 0.949 bits per heavy atom. The van der Waals surface area contributed by atoms with Gasteiger partial charge >= 0.3 is 0 Å². The lowest BCUT2D eigenvalue weighted by Crippen LogP contribution is -2.22. The largest absolute Gasteiger partial charge is 0.373 e. The van der Waals surface area contributed by atoms with Crippen molar-refractivity contribution >= 4 is 23.3 Å². The van der Waals surface area contributed by atoms with Gasteiger partial charge < -0.3 is 15.4 Å². The number of carbonyl (C=O) groups excluding carboxylic acids is 2. The fourth-order valence-electron chi connectivity index (χ4n) is 3.94. The van der Waals surface area contributed by atoms with Gasteiger partial charge in [0.15, 0.2) is 0 Å². The minimum absolute atomic E-state index is 0.0210. The maximum atomic E-state index is 13.0. The van der Waals surface area contributed by atoms with Crippen LogP contribution in [-0.4, -0.2) is 43.8 Å². The molecule has 0 spiro atoms. The molecule has 0 aliphatic heterocycles. The molecule has 0 aromatic carbocycles. The zero-order chi connectivity index (χ0) is 27.6. The van der Waals surface area contributed by atoms with E-state index in [4.69, 9.17) is 9.72 Å². The first-order valence-electron chi connectivity index (χ1n) is 12.6. The van der Waals surface area contributed by atoms with Crippen molar-refractivity contribution in [1.29, 1.82) is 0 Å². The number of anilines is 2. The molecule has 0 atom stereocenters. The van der Waals surface area contributed by atoms with Gasteiger partial charge in [-0.1, -0.05) is 6.07 Å². The van der Waals surface area contributed by atoms with E-state index < -0.39 is 5.60 Å². The first-order valence-corrected chi connectivity index (χ1v) is 12.6. The van der Waals surface area contributed by atoms with E-state index in [9.17, 15) is 9.59 Å². The number of methoxy groups -OCH3 is 1. The van der Waals surface area contributed by atoms with Gasteiger partial charge in [0, 0.05) is 42.1 Å². The normalized spacial score (nSPS) is 13.1. The molecule has 0 unspecified atom stereocenters. The maximum absolute atomic E-state index is 13.0. The Hall–Kier alpha value is -4.57. The third-order valence-corrected chi connectivity index (χ3v) is 6.65. The maximum Gasteiger partial charge on any atom is 0.255 e. The van der Waals surface area contributed by atoms with Crippen LogP contribution < -0.4 is 10.6 Å². The van der Waals surface area contributed by atoms with Crippen molar-refractivity contribution in [3.8, 4) is 22.6 Å². The number of carbonyl (C=O) groups is 2. The van der Waals surface area contributed by atoms with Crippen LogP contribution in [0.2, 0.25) is 0 Å². The average molecular weight is 524 g/mol. The summed E-state index contributed by atoms with van der Waals surface area (Å²) in [7, 11) is 1.60. The summed E-state index contributed by atoms with van der Waals surface area (Å²) in [5.74, 6) is 0.212. The summed E-state index contributed by atoms with van der Waals surface area (Å²) in [5.41, 5.74) is 4.41. The van der Waals surface area contributed by atoms with Crippen molar-refractivity contribution in [2.75, 3.05) is 17.7 Å². The molecule has 1 aliphatic carbocycles. The lowest BCUT2D eigenvalue weighted by molar-refractivity contribution is -0.117. The fraction of sp³-hybridized carbons (Fsp3) is 0.276. The van der Waals surface area contributed by atoms with Gasteiger partial charge in [0.1, 0.15) is 17.7 Å². The molecule has 0 bridgehead atoms. The Balaban J connectivity index is 1.38. The first kappa shape index (κ1) is 26.1. The second-order valence-electron chi connectivity index (χ2n) is 9.92. The van der Waals surface area contributed by atoms with Gasteiger partial charge in [0.25, 0.3) is 5.91 Å². The van der Waals surface area contributed by atoms with E-state index in [0.29, 0.717) is 39.8 Å². The summed E-state index contributed by atoms with van der Waals surface area (Å²) < 4.78 is 5.49. The van der Waals surface area contributed by atoms with Crippen LogP contribution >= 0.6 is 0 Å². The van der Waals surface area contributed by atoms with Crippen LogP contribution in [0.3, 0.4) is 0 Å².